The molecule has 0 unspecified atom stereocenters. The Balaban J connectivity index is 0.000000137. The van der Waals surface area contributed by atoms with Crippen molar-refractivity contribution >= 4 is 56.8 Å². The minimum absolute atomic E-state index is 0.831. The largest absolute Gasteiger partial charge is 0.340 e. The summed E-state index contributed by atoms with van der Waals surface area (Å²) in [7, 11) is 0. The molecule has 8 aromatic rings. The normalized spacial score (nSPS) is 10.0. The van der Waals surface area contributed by atoms with Gasteiger partial charge in [0.05, 0.1) is 0 Å². The first-order valence-electron chi connectivity index (χ1n) is 16.1. The number of fused-ring (bicyclic) bond motifs is 1. The topological polar surface area (TPSA) is 99.7 Å². The van der Waals surface area contributed by atoms with Crippen LogP contribution >= 0.6 is 0 Å². The molecule has 8 rings (SSSR count). The van der Waals surface area contributed by atoms with Crippen molar-refractivity contribution in [1.82, 2.24) is 19.9 Å². The number of pyridine rings is 4. The molecule has 4 N–H and O–H groups in total. The Hall–Kier alpha value is -7.06. The Kier molecular flexibility index (Phi) is 11.7. The van der Waals surface area contributed by atoms with Gasteiger partial charge in [-0.15, -0.1) is 0 Å². The van der Waals surface area contributed by atoms with Crippen LogP contribution in [0.15, 0.2) is 195 Å². The van der Waals surface area contributed by atoms with Gasteiger partial charge in [-0.2, -0.15) is 0 Å². The molecule has 0 saturated heterocycles. The Labute approximate surface area is 292 Å². The van der Waals surface area contributed by atoms with E-state index in [2.05, 4.69) is 89.7 Å². The molecule has 0 amide bonds. The van der Waals surface area contributed by atoms with Gasteiger partial charge in [0.1, 0.15) is 23.3 Å². The monoisotopic (exact) mass is 652 g/mol. The number of anilines is 8. The first-order chi connectivity index (χ1) is 24.8. The lowest BCUT2D eigenvalue weighted by molar-refractivity contribution is 1.30. The zero-order valence-electron chi connectivity index (χ0n) is 27.3. The molecule has 8 nitrogen and oxygen atoms in total. The minimum atomic E-state index is 0.831. The molecule has 0 aliphatic heterocycles. The number of hydrogen-bond donors (Lipinski definition) is 4. The standard InChI is InChI=1S/2C16H14N4.C10H8/c2*1-3-11-17-15(5-1)19-13-7-9-14(10-8-13)20-16-6-2-4-12-18-16;1-2-6-10-8-4-3-7-9(10)5-1/h2*1-12H,(H,17,19)(H,18,20);1-8H. The van der Waals surface area contributed by atoms with E-state index in [9.17, 15) is 0 Å². The van der Waals surface area contributed by atoms with Crippen LogP contribution in [0.3, 0.4) is 0 Å². The fourth-order valence-corrected chi connectivity index (χ4v) is 4.75. The maximum atomic E-state index is 4.23. The van der Waals surface area contributed by atoms with Crippen LogP contribution in [-0.4, -0.2) is 19.9 Å². The van der Waals surface area contributed by atoms with E-state index in [0.717, 1.165) is 46.0 Å². The van der Waals surface area contributed by atoms with Crippen molar-refractivity contribution in [3.8, 4) is 0 Å². The van der Waals surface area contributed by atoms with Gasteiger partial charge in [0.15, 0.2) is 0 Å². The third kappa shape index (κ3) is 10.5. The van der Waals surface area contributed by atoms with Gasteiger partial charge in [-0.25, -0.2) is 19.9 Å². The average Bonchev–Trinajstić information content (AvgIpc) is 3.19. The first-order valence-corrected chi connectivity index (χ1v) is 16.1. The smallest absolute Gasteiger partial charge is 0.130 e. The number of nitrogens with zero attached hydrogens (tertiary/aromatic N) is 4. The number of aromatic nitrogens is 4. The molecule has 0 fully saturated rings. The molecule has 0 spiro atoms. The van der Waals surface area contributed by atoms with Crippen molar-refractivity contribution in [3.63, 3.8) is 0 Å². The SMILES string of the molecule is c1ccc(Nc2ccc(Nc3ccccn3)cc2)nc1.c1ccc(Nc2ccc(Nc3ccccn3)cc2)nc1.c1ccc2ccccc2c1. The van der Waals surface area contributed by atoms with Crippen LogP contribution in [0.1, 0.15) is 0 Å². The van der Waals surface area contributed by atoms with E-state index in [1.807, 2.05) is 121 Å². The number of nitrogens with one attached hydrogen (secondary N) is 4. The Bertz CT molecular complexity index is 1820. The summed E-state index contributed by atoms with van der Waals surface area (Å²) in [5.41, 5.74) is 3.98. The number of rotatable bonds is 8. The summed E-state index contributed by atoms with van der Waals surface area (Å²) in [6.45, 7) is 0. The van der Waals surface area contributed by atoms with Gasteiger partial charge < -0.3 is 21.3 Å². The third-order valence-corrected chi connectivity index (χ3v) is 7.18. The highest BCUT2D eigenvalue weighted by atomic mass is 15.0. The van der Waals surface area contributed by atoms with E-state index in [4.69, 9.17) is 0 Å². The summed E-state index contributed by atoms with van der Waals surface area (Å²) in [4.78, 5) is 16.9. The molecule has 0 radical (unpaired) electrons. The van der Waals surface area contributed by atoms with E-state index < -0.39 is 0 Å². The Morgan fingerprint density at radius 1 is 0.240 bits per heavy atom. The van der Waals surface area contributed by atoms with Crippen LogP contribution < -0.4 is 21.3 Å². The molecule has 244 valence electrons. The fraction of sp³-hybridized carbons (Fsp3) is 0. The zero-order valence-corrected chi connectivity index (χ0v) is 27.3. The van der Waals surface area contributed by atoms with Gasteiger partial charge in [-0.1, -0.05) is 72.8 Å². The summed E-state index contributed by atoms with van der Waals surface area (Å²) >= 11 is 0. The highest BCUT2D eigenvalue weighted by Gasteiger charge is 1.99. The molecule has 4 heterocycles. The number of hydrogen-bond acceptors (Lipinski definition) is 8. The third-order valence-electron chi connectivity index (χ3n) is 7.18. The minimum Gasteiger partial charge on any atom is -0.340 e. The van der Waals surface area contributed by atoms with Gasteiger partial charge in [-0.05, 0) is 108 Å². The molecule has 4 aromatic carbocycles. The predicted molar refractivity (Wildman–Crippen MR) is 207 cm³/mol. The molecule has 0 atom stereocenters. The van der Waals surface area contributed by atoms with Crippen LogP contribution in [0.25, 0.3) is 10.8 Å². The van der Waals surface area contributed by atoms with E-state index in [-0.39, 0.29) is 0 Å². The molecular formula is C42H36N8. The second-order valence-electron chi connectivity index (χ2n) is 10.9. The van der Waals surface area contributed by atoms with Crippen molar-refractivity contribution in [1.29, 1.82) is 0 Å². The zero-order chi connectivity index (χ0) is 34.1. The second-order valence-corrected chi connectivity index (χ2v) is 10.9. The highest BCUT2D eigenvalue weighted by Crippen LogP contribution is 2.21. The van der Waals surface area contributed by atoms with Crippen molar-refractivity contribution in [2.75, 3.05) is 21.3 Å². The van der Waals surface area contributed by atoms with Crippen LogP contribution in [0.2, 0.25) is 0 Å². The quantitative estimate of drug-likeness (QED) is 0.129. The molecule has 0 aliphatic carbocycles. The van der Waals surface area contributed by atoms with Crippen molar-refractivity contribution in [2.24, 2.45) is 0 Å². The Morgan fingerprint density at radius 3 is 0.660 bits per heavy atom. The molecule has 4 aromatic heterocycles. The van der Waals surface area contributed by atoms with Gasteiger partial charge in [-0.3, -0.25) is 0 Å². The van der Waals surface area contributed by atoms with E-state index in [0.29, 0.717) is 0 Å². The average molecular weight is 653 g/mol. The molecule has 0 aliphatic rings. The van der Waals surface area contributed by atoms with Crippen LogP contribution in [-0.2, 0) is 0 Å². The van der Waals surface area contributed by atoms with Crippen molar-refractivity contribution in [3.05, 3.63) is 195 Å². The summed E-state index contributed by atoms with van der Waals surface area (Å²) in [6.07, 6.45) is 7.05. The lowest BCUT2D eigenvalue weighted by atomic mass is 10.1. The predicted octanol–water partition coefficient (Wildman–Crippen LogP) is 10.8. The molecule has 50 heavy (non-hydrogen) atoms. The summed E-state index contributed by atoms with van der Waals surface area (Å²) in [5, 5.41) is 15.6. The fourth-order valence-electron chi connectivity index (χ4n) is 4.75. The molecule has 0 bridgehead atoms. The van der Waals surface area contributed by atoms with Gasteiger partial charge in [0.2, 0.25) is 0 Å². The van der Waals surface area contributed by atoms with E-state index >= 15 is 0 Å². The summed E-state index contributed by atoms with van der Waals surface area (Å²) in [5.74, 6) is 3.33. The molecule has 8 heteroatoms. The van der Waals surface area contributed by atoms with Crippen molar-refractivity contribution < 1.29 is 0 Å². The van der Waals surface area contributed by atoms with Gasteiger partial charge in [0.25, 0.3) is 0 Å². The van der Waals surface area contributed by atoms with E-state index in [1.165, 1.54) is 10.8 Å². The number of benzene rings is 4. The van der Waals surface area contributed by atoms with Crippen LogP contribution in [0.5, 0.6) is 0 Å². The van der Waals surface area contributed by atoms with Crippen LogP contribution in [0.4, 0.5) is 46.0 Å². The maximum Gasteiger partial charge on any atom is 0.130 e. The summed E-state index contributed by atoms with van der Waals surface area (Å²) < 4.78 is 0. The highest BCUT2D eigenvalue weighted by molar-refractivity contribution is 5.82. The molecular weight excluding hydrogens is 617 g/mol. The van der Waals surface area contributed by atoms with Gasteiger partial charge >= 0.3 is 0 Å². The maximum absolute atomic E-state index is 4.23. The second kappa shape index (κ2) is 17.7. The van der Waals surface area contributed by atoms with Gasteiger partial charge in [0, 0.05) is 47.5 Å². The molecule has 0 saturated carbocycles. The van der Waals surface area contributed by atoms with E-state index in [1.54, 1.807) is 24.8 Å². The lowest BCUT2D eigenvalue weighted by Gasteiger charge is -2.08. The van der Waals surface area contributed by atoms with Crippen molar-refractivity contribution in [2.45, 2.75) is 0 Å². The Morgan fingerprint density at radius 2 is 0.460 bits per heavy atom. The summed E-state index contributed by atoms with van der Waals surface area (Å²) in [6, 6.07) is 55.8. The lowest BCUT2D eigenvalue weighted by Crippen LogP contribution is -1.94. The van der Waals surface area contributed by atoms with Crippen LogP contribution in [0, 0.1) is 0 Å². The first kappa shape index (κ1) is 32.9.